The monoisotopic (exact) mass is 434 g/mol. The number of rotatable bonds is 3. The van der Waals surface area contributed by atoms with Crippen molar-refractivity contribution in [3.63, 3.8) is 0 Å². The molecule has 0 aromatic heterocycles. The molecule has 1 spiro atoms. The largest absolute Gasteiger partial charge is 0.377 e. The van der Waals surface area contributed by atoms with Crippen LogP contribution in [0.2, 0.25) is 0 Å². The van der Waals surface area contributed by atoms with Crippen molar-refractivity contribution in [2.75, 3.05) is 38.2 Å². The van der Waals surface area contributed by atoms with Gasteiger partial charge in [-0.2, -0.15) is 11.8 Å². The number of carbonyl (C=O) groups excluding carboxylic acids is 1. The molecule has 2 saturated heterocycles. The first kappa shape index (κ1) is 20.9. The maximum absolute atomic E-state index is 12.8. The van der Waals surface area contributed by atoms with Crippen LogP contribution in [0.4, 0.5) is 0 Å². The predicted molar refractivity (Wildman–Crippen MR) is 122 cm³/mol. The molecule has 5 fully saturated rings. The van der Waals surface area contributed by atoms with Crippen molar-refractivity contribution in [3.8, 4) is 0 Å². The van der Waals surface area contributed by atoms with Gasteiger partial charge in [-0.1, -0.05) is 12.8 Å². The van der Waals surface area contributed by atoms with E-state index in [0.29, 0.717) is 35.4 Å². The topological polar surface area (TPSA) is 66.0 Å². The van der Waals surface area contributed by atoms with E-state index in [4.69, 9.17) is 4.74 Å². The van der Waals surface area contributed by atoms with E-state index in [1.807, 2.05) is 18.8 Å². The lowest BCUT2D eigenvalue weighted by molar-refractivity contribution is -0.136. The van der Waals surface area contributed by atoms with Crippen molar-refractivity contribution in [1.82, 2.24) is 15.5 Å². The molecular formula is C23H38N4O2S. The van der Waals surface area contributed by atoms with Crippen molar-refractivity contribution in [1.29, 1.82) is 0 Å². The average molecular weight is 435 g/mol. The number of thioether (sulfide) groups is 1. The van der Waals surface area contributed by atoms with E-state index in [0.717, 1.165) is 62.8 Å². The van der Waals surface area contributed by atoms with Crippen LogP contribution in [0.5, 0.6) is 0 Å². The maximum atomic E-state index is 12.8. The fourth-order valence-corrected chi connectivity index (χ4v) is 7.85. The molecule has 3 atom stereocenters. The summed E-state index contributed by atoms with van der Waals surface area (Å²) in [6, 6.07) is 0.931. The molecule has 7 heteroatoms. The lowest BCUT2D eigenvalue weighted by Gasteiger charge is -2.57. The smallest absolute Gasteiger partial charge is 0.225 e. The highest BCUT2D eigenvalue weighted by Gasteiger charge is 2.65. The summed E-state index contributed by atoms with van der Waals surface area (Å²) in [5.74, 6) is 4.43. The van der Waals surface area contributed by atoms with Crippen LogP contribution in [0.1, 0.15) is 57.8 Å². The SMILES string of the molecule is CN=C(NC1CCC(C(=O)N2CCSCC2)CC1)NC1C2CCOC2C12CCCC2. The van der Waals surface area contributed by atoms with E-state index >= 15 is 0 Å². The van der Waals surface area contributed by atoms with E-state index in [1.54, 1.807) is 0 Å². The summed E-state index contributed by atoms with van der Waals surface area (Å²) in [6.07, 6.45) is 11.1. The average Bonchev–Trinajstić information content (AvgIpc) is 3.46. The molecule has 30 heavy (non-hydrogen) atoms. The van der Waals surface area contributed by atoms with Gasteiger partial charge >= 0.3 is 0 Å². The Kier molecular flexibility index (Phi) is 6.20. The second-order valence-electron chi connectivity index (χ2n) is 10.0. The number of ether oxygens (including phenoxy) is 1. The zero-order chi connectivity index (χ0) is 20.6. The van der Waals surface area contributed by atoms with Gasteiger partial charge < -0.3 is 20.3 Å². The summed E-state index contributed by atoms with van der Waals surface area (Å²) in [7, 11) is 1.89. The number of hydrogen-bond donors (Lipinski definition) is 2. The molecule has 0 aromatic carbocycles. The van der Waals surface area contributed by atoms with E-state index in [-0.39, 0.29) is 5.92 Å². The molecule has 3 saturated carbocycles. The van der Waals surface area contributed by atoms with Crippen LogP contribution in [-0.4, -0.2) is 73.2 Å². The minimum absolute atomic E-state index is 0.228. The summed E-state index contributed by atoms with van der Waals surface area (Å²) < 4.78 is 6.13. The van der Waals surface area contributed by atoms with Crippen molar-refractivity contribution in [3.05, 3.63) is 0 Å². The van der Waals surface area contributed by atoms with Gasteiger partial charge in [0.2, 0.25) is 5.91 Å². The third-order valence-electron chi connectivity index (χ3n) is 8.54. The van der Waals surface area contributed by atoms with E-state index in [2.05, 4.69) is 20.5 Å². The van der Waals surface area contributed by atoms with Crippen molar-refractivity contribution >= 4 is 23.6 Å². The molecule has 2 N–H and O–H groups in total. The summed E-state index contributed by atoms with van der Waals surface area (Å²) >= 11 is 1.96. The quantitative estimate of drug-likeness (QED) is 0.528. The molecule has 3 unspecified atom stereocenters. The Morgan fingerprint density at radius 2 is 1.80 bits per heavy atom. The number of amides is 1. The molecular weight excluding hydrogens is 396 g/mol. The van der Waals surface area contributed by atoms with Gasteiger partial charge in [0.15, 0.2) is 5.96 Å². The molecule has 2 heterocycles. The lowest BCUT2D eigenvalue weighted by Crippen LogP contribution is -2.69. The fraction of sp³-hybridized carbons (Fsp3) is 0.913. The Labute approximate surface area is 185 Å². The Morgan fingerprint density at radius 1 is 1.07 bits per heavy atom. The minimum Gasteiger partial charge on any atom is -0.377 e. The van der Waals surface area contributed by atoms with Crippen LogP contribution < -0.4 is 10.6 Å². The van der Waals surface area contributed by atoms with Crippen LogP contribution in [0.25, 0.3) is 0 Å². The number of hydrogen-bond acceptors (Lipinski definition) is 4. The van der Waals surface area contributed by atoms with E-state index in [1.165, 1.54) is 32.1 Å². The fourth-order valence-electron chi connectivity index (χ4n) is 6.94. The second-order valence-corrected chi connectivity index (χ2v) is 11.2. The molecule has 3 aliphatic carbocycles. The van der Waals surface area contributed by atoms with Gasteiger partial charge in [-0.25, -0.2) is 0 Å². The first-order chi connectivity index (χ1) is 14.7. The van der Waals surface area contributed by atoms with Gasteiger partial charge in [0.1, 0.15) is 0 Å². The Morgan fingerprint density at radius 3 is 2.50 bits per heavy atom. The summed E-state index contributed by atoms with van der Waals surface area (Å²) in [5, 5.41) is 7.52. The normalized spacial score (nSPS) is 38.2. The molecule has 1 amide bonds. The molecule has 5 aliphatic rings. The van der Waals surface area contributed by atoms with Gasteiger partial charge in [0.25, 0.3) is 0 Å². The molecule has 0 bridgehead atoms. The molecule has 2 aliphatic heterocycles. The Bertz CT molecular complexity index is 652. The highest BCUT2D eigenvalue weighted by molar-refractivity contribution is 7.99. The van der Waals surface area contributed by atoms with Gasteiger partial charge in [-0.05, 0) is 44.9 Å². The number of carbonyl (C=O) groups is 1. The number of guanidine groups is 1. The number of aliphatic imine (C=N–C) groups is 1. The zero-order valence-corrected chi connectivity index (χ0v) is 19.2. The number of fused-ring (bicyclic) bond motifs is 2. The van der Waals surface area contributed by atoms with E-state index in [9.17, 15) is 4.79 Å². The van der Waals surface area contributed by atoms with Crippen LogP contribution in [0, 0.1) is 17.3 Å². The molecule has 5 rings (SSSR count). The predicted octanol–water partition coefficient (Wildman–Crippen LogP) is 2.63. The molecule has 168 valence electrons. The Hall–Kier alpha value is -0.950. The van der Waals surface area contributed by atoms with Gasteiger partial charge in [0, 0.05) is 67.6 Å². The number of nitrogens with zero attached hydrogens (tertiary/aromatic N) is 2. The van der Waals surface area contributed by atoms with Gasteiger partial charge in [-0.3, -0.25) is 9.79 Å². The van der Waals surface area contributed by atoms with Crippen LogP contribution >= 0.6 is 11.8 Å². The molecule has 6 nitrogen and oxygen atoms in total. The highest BCUT2D eigenvalue weighted by Crippen LogP contribution is 2.60. The maximum Gasteiger partial charge on any atom is 0.225 e. The first-order valence-corrected chi connectivity index (χ1v) is 13.3. The van der Waals surface area contributed by atoms with Crippen molar-refractivity contribution in [2.45, 2.75) is 76.0 Å². The number of nitrogens with one attached hydrogen (secondary N) is 2. The third kappa shape index (κ3) is 3.74. The summed E-state index contributed by atoms with van der Waals surface area (Å²) in [5.41, 5.74) is 0.343. The summed E-state index contributed by atoms with van der Waals surface area (Å²) in [4.78, 5) is 19.5. The van der Waals surface area contributed by atoms with Crippen molar-refractivity contribution in [2.24, 2.45) is 22.2 Å². The van der Waals surface area contributed by atoms with Crippen LogP contribution in [-0.2, 0) is 9.53 Å². The van der Waals surface area contributed by atoms with Crippen molar-refractivity contribution < 1.29 is 9.53 Å². The minimum atomic E-state index is 0.228. The Balaban J connectivity index is 1.13. The second kappa shape index (κ2) is 8.89. The van der Waals surface area contributed by atoms with Gasteiger partial charge in [-0.15, -0.1) is 0 Å². The summed E-state index contributed by atoms with van der Waals surface area (Å²) in [6.45, 7) is 2.80. The molecule has 0 aromatic rings. The van der Waals surface area contributed by atoms with E-state index < -0.39 is 0 Å². The third-order valence-corrected chi connectivity index (χ3v) is 9.48. The van der Waals surface area contributed by atoms with Gasteiger partial charge in [0.05, 0.1) is 6.10 Å². The standard InChI is InChI=1S/C23H38N4O2S/c1-24-22(26-19-18-8-13-29-20(18)23(19)9-2-3-10-23)25-17-6-4-16(5-7-17)21(28)27-11-14-30-15-12-27/h16-20H,2-15H2,1H3,(H2,24,25,26). The lowest BCUT2D eigenvalue weighted by atomic mass is 9.54. The van der Waals surface area contributed by atoms with Crippen LogP contribution in [0.3, 0.4) is 0 Å². The zero-order valence-electron chi connectivity index (χ0n) is 18.4. The highest BCUT2D eigenvalue weighted by atomic mass is 32.2. The first-order valence-electron chi connectivity index (χ1n) is 12.2. The molecule has 0 radical (unpaired) electrons. The van der Waals surface area contributed by atoms with Crippen LogP contribution in [0.15, 0.2) is 4.99 Å².